The fraction of sp³-hybridized carbons (Fsp3) is 0.864. The molecule has 0 saturated carbocycles. The molecule has 1 N–H and O–H groups in total. The van der Waals surface area contributed by atoms with Gasteiger partial charge in [-0.15, -0.1) is 0 Å². The molecule has 0 bridgehead atoms. The maximum atomic E-state index is 12.0. The van der Waals surface area contributed by atoms with Gasteiger partial charge in [0.25, 0.3) is 0 Å². The van der Waals surface area contributed by atoms with E-state index in [4.69, 9.17) is 9.16 Å². The van der Waals surface area contributed by atoms with Gasteiger partial charge in [0.1, 0.15) is 6.61 Å². The van der Waals surface area contributed by atoms with Crippen molar-refractivity contribution in [3.8, 4) is 0 Å². The second kappa shape index (κ2) is 12.0. The molecule has 27 heavy (non-hydrogen) atoms. The molecule has 3 atom stereocenters. The first kappa shape index (κ1) is 26.3. The van der Waals surface area contributed by atoms with Gasteiger partial charge in [-0.25, -0.2) is 0 Å². The SMILES string of the molecule is CC[Si](CC)(CC)O[C@H]([C@H](C)/C=C(\C)COC(=O)C(C)(C)C)[C@@H](C)CCO. The Morgan fingerprint density at radius 3 is 2.04 bits per heavy atom. The Bertz CT molecular complexity index is 455. The summed E-state index contributed by atoms with van der Waals surface area (Å²) in [7, 11) is -1.74. The summed E-state index contributed by atoms with van der Waals surface area (Å²) in [5.41, 5.74) is 0.559. The van der Waals surface area contributed by atoms with E-state index < -0.39 is 13.7 Å². The Hall–Kier alpha value is -0.653. The number of aliphatic hydroxyl groups excluding tert-OH is 1. The van der Waals surface area contributed by atoms with Gasteiger partial charge < -0.3 is 14.3 Å². The average Bonchev–Trinajstić information content (AvgIpc) is 2.60. The van der Waals surface area contributed by atoms with E-state index in [0.29, 0.717) is 6.61 Å². The highest BCUT2D eigenvalue weighted by Crippen LogP contribution is 2.31. The van der Waals surface area contributed by atoms with E-state index in [1.807, 2.05) is 27.7 Å². The van der Waals surface area contributed by atoms with Crippen LogP contribution in [0.15, 0.2) is 11.6 Å². The van der Waals surface area contributed by atoms with Crippen LogP contribution in [0.4, 0.5) is 0 Å². The third-order valence-corrected chi connectivity index (χ3v) is 10.2. The molecular weight excluding hydrogens is 356 g/mol. The summed E-state index contributed by atoms with van der Waals surface area (Å²) in [6, 6.07) is 3.34. The van der Waals surface area contributed by atoms with Crippen LogP contribution in [-0.4, -0.2) is 38.7 Å². The minimum absolute atomic E-state index is 0.0805. The zero-order valence-electron chi connectivity index (χ0n) is 19.2. The predicted octanol–water partition coefficient (Wildman–Crippen LogP) is 5.57. The van der Waals surface area contributed by atoms with E-state index in [-0.39, 0.29) is 30.5 Å². The highest BCUT2D eigenvalue weighted by molar-refractivity contribution is 6.73. The van der Waals surface area contributed by atoms with Crippen LogP contribution >= 0.6 is 0 Å². The lowest BCUT2D eigenvalue weighted by atomic mass is 9.90. The molecule has 0 saturated heterocycles. The van der Waals surface area contributed by atoms with Gasteiger partial charge >= 0.3 is 5.97 Å². The summed E-state index contributed by atoms with van der Waals surface area (Å²) in [5, 5.41) is 9.42. The van der Waals surface area contributed by atoms with Crippen LogP contribution in [0, 0.1) is 17.3 Å². The quantitative estimate of drug-likeness (QED) is 0.264. The second-order valence-electron chi connectivity index (χ2n) is 9.01. The summed E-state index contributed by atoms with van der Waals surface area (Å²) in [6.45, 7) is 19.2. The monoisotopic (exact) mass is 400 g/mol. The van der Waals surface area contributed by atoms with Crippen molar-refractivity contribution in [1.82, 2.24) is 0 Å². The highest BCUT2D eigenvalue weighted by atomic mass is 28.4. The first-order valence-electron chi connectivity index (χ1n) is 10.6. The van der Waals surface area contributed by atoms with E-state index in [9.17, 15) is 9.90 Å². The highest BCUT2D eigenvalue weighted by Gasteiger charge is 2.35. The molecule has 4 nitrogen and oxygen atoms in total. The van der Waals surface area contributed by atoms with Crippen molar-refractivity contribution in [3.63, 3.8) is 0 Å². The fourth-order valence-corrected chi connectivity index (χ4v) is 6.41. The van der Waals surface area contributed by atoms with Crippen molar-refractivity contribution in [1.29, 1.82) is 0 Å². The Labute approximate surface area is 168 Å². The standard InChI is InChI=1S/C22H44O4Si/c1-10-27(11-2,12-3)26-20(18(5)13-14-23)19(6)15-17(4)16-25-21(24)22(7,8)9/h15,18-20,23H,10-14,16H2,1-9H3/b17-15+/t18-,19+,20-/m0/s1. The van der Waals surface area contributed by atoms with Gasteiger partial charge in [0.2, 0.25) is 0 Å². The van der Waals surface area contributed by atoms with Crippen LogP contribution in [0.1, 0.15) is 68.7 Å². The van der Waals surface area contributed by atoms with E-state index in [1.54, 1.807) is 0 Å². The second-order valence-corrected chi connectivity index (χ2v) is 13.7. The van der Waals surface area contributed by atoms with Crippen molar-refractivity contribution >= 4 is 14.3 Å². The van der Waals surface area contributed by atoms with Crippen molar-refractivity contribution in [2.45, 2.75) is 93.0 Å². The average molecular weight is 401 g/mol. The maximum Gasteiger partial charge on any atom is 0.311 e. The molecule has 0 fully saturated rings. The van der Waals surface area contributed by atoms with Gasteiger partial charge in [0, 0.05) is 6.61 Å². The molecule has 0 spiro atoms. The summed E-state index contributed by atoms with van der Waals surface area (Å²) >= 11 is 0. The van der Waals surface area contributed by atoms with E-state index in [0.717, 1.165) is 30.1 Å². The van der Waals surface area contributed by atoms with Crippen LogP contribution in [0.3, 0.4) is 0 Å². The molecule has 0 amide bonds. The lowest BCUT2D eigenvalue weighted by Gasteiger charge is -2.38. The van der Waals surface area contributed by atoms with Gasteiger partial charge in [-0.1, -0.05) is 40.7 Å². The van der Waals surface area contributed by atoms with Crippen LogP contribution in [0.2, 0.25) is 18.1 Å². The number of hydrogen-bond acceptors (Lipinski definition) is 4. The number of esters is 1. The first-order valence-corrected chi connectivity index (χ1v) is 13.1. The van der Waals surface area contributed by atoms with Crippen molar-refractivity contribution in [3.05, 3.63) is 11.6 Å². The zero-order chi connectivity index (χ0) is 21.3. The van der Waals surface area contributed by atoms with Gasteiger partial charge in [-0.3, -0.25) is 4.79 Å². The molecule has 0 aromatic heterocycles. The van der Waals surface area contributed by atoms with Crippen molar-refractivity contribution in [2.75, 3.05) is 13.2 Å². The molecule has 0 aliphatic heterocycles. The Kier molecular flexibility index (Phi) is 11.7. The summed E-state index contributed by atoms with van der Waals surface area (Å²) in [4.78, 5) is 12.0. The van der Waals surface area contributed by atoms with Gasteiger partial charge in [-0.05, 0) is 69.7 Å². The lowest BCUT2D eigenvalue weighted by molar-refractivity contribution is -0.151. The normalized spacial score (nSPS) is 16.7. The molecule has 0 aromatic carbocycles. The first-order chi connectivity index (χ1) is 12.5. The number of aliphatic hydroxyl groups is 1. The predicted molar refractivity (Wildman–Crippen MR) is 116 cm³/mol. The number of ether oxygens (including phenoxy) is 1. The van der Waals surface area contributed by atoms with E-state index >= 15 is 0 Å². The van der Waals surface area contributed by atoms with Gasteiger partial charge in [-0.2, -0.15) is 0 Å². The largest absolute Gasteiger partial charge is 0.461 e. The Morgan fingerprint density at radius 1 is 1.11 bits per heavy atom. The minimum Gasteiger partial charge on any atom is -0.461 e. The number of carbonyl (C=O) groups is 1. The van der Waals surface area contributed by atoms with Crippen molar-refractivity contribution < 1.29 is 19.1 Å². The molecule has 0 unspecified atom stereocenters. The van der Waals surface area contributed by atoms with Crippen molar-refractivity contribution in [2.24, 2.45) is 17.3 Å². The molecule has 0 aromatic rings. The van der Waals surface area contributed by atoms with Crippen LogP contribution in [-0.2, 0) is 14.0 Å². The van der Waals surface area contributed by atoms with Crippen LogP contribution < -0.4 is 0 Å². The lowest BCUT2D eigenvalue weighted by Crippen LogP contribution is -2.44. The molecule has 0 rings (SSSR count). The molecule has 5 heteroatoms. The van der Waals surface area contributed by atoms with Gasteiger partial charge in [0.05, 0.1) is 11.5 Å². The topological polar surface area (TPSA) is 55.8 Å². The summed E-state index contributed by atoms with van der Waals surface area (Å²) in [5.74, 6) is 0.304. The molecule has 0 aliphatic carbocycles. The summed E-state index contributed by atoms with van der Waals surface area (Å²) < 4.78 is 12.3. The van der Waals surface area contributed by atoms with Crippen LogP contribution in [0.25, 0.3) is 0 Å². The Morgan fingerprint density at radius 2 is 1.63 bits per heavy atom. The zero-order valence-corrected chi connectivity index (χ0v) is 20.2. The third-order valence-electron chi connectivity index (χ3n) is 5.57. The smallest absolute Gasteiger partial charge is 0.311 e. The van der Waals surface area contributed by atoms with Crippen LogP contribution in [0.5, 0.6) is 0 Å². The molecule has 160 valence electrons. The number of hydrogen-bond donors (Lipinski definition) is 1. The molecular formula is C22H44O4Si. The molecule has 0 aliphatic rings. The number of rotatable bonds is 12. The third kappa shape index (κ3) is 8.92. The molecule has 0 heterocycles. The minimum atomic E-state index is -1.74. The molecule has 0 radical (unpaired) electrons. The van der Waals surface area contributed by atoms with E-state index in [1.165, 1.54) is 0 Å². The maximum absolute atomic E-state index is 12.0. The fourth-order valence-electron chi connectivity index (χ4n) is 3.39. The van der Waals surface area contributed by atoms with E-state index in [2.05, 4.69) is 40.7 Å². The Balaban J connectivity index is 5.27. The number of carbonyl (C=O) groups excluding carboxylic acids is 1. The summed E-state index contributed by atoms with van der Waals surface area (Å²) in [6.07, 6.45) is 2.99. The van der Waals surface area contributed by atoms with Gasteiger partial charge in [0.15, 0.2) is 8.32 Å².